The van der Waals surface area contributed by atoms with Crippen LogP contribution in [0.5, 0.6) is 0 Å². The number of hydrogen-bond donors (Lipinski definition) is 2. The van der Waals surface area contributed by atoms with E-state index in [2.05, 4.69) is 15.5 Å². The molecule has 0 fully saturated rings. The van der Waals surface area contributed by atoms with Gasteiger partial charge in [-0.15, -0.1) is 0 Å². The fraction of sp³-hybridized carbons (Fsp3) is 0.200. The zero-order chi connectivity index (χ0) is 14.4. The Hall–Kier alpha value is -2.07. The Morgan fingerprint density at radius 2 is 2.25 bits per heavy atom. The fourth-order valence-corrected chi connectivity index (χ4v) is 2.01. The van der Waals surface area contributed by atoms with Gasteiger partial charge in [0.05, 0.1) is 10.7 Å². The Labute approximate surface area is 122 Å². The molecule has 0 radical (unpaired) electrons. The number of H-pyrrole nitrogens is 1. The molecule has 104 valence electrons. The number of nitrogens with one attached hydrogen (secondary N) is 2. The van der Waals surface area contributed by atoms with Crippen LogP contribution in [0.4, 0.5) is 0 Å². The summed E-state index contributed by atoms with van der Waals surface area (Å²) in [5, 5.41) is 10.3. The summed E-state index contributed by atoms with van der Waals surface area (Å²) in [5.74, 6) is -0.166. The van der Waals surface area contributed by atoms with Crippen molar-refractivity contribution in [3.63, 3.8) is 0 Å². The van der Waals surface area contributed by atoms with Crippen LogP contribution in [0.15, 0.2) is 42.5 Å². The maximum Gasteiger partial charge on any atom is 0.269 e. The van der Waals surface area contributed by atoms with Crippen molar-refractivity contribution in [2.45, 2.75) is 13.3 Å². The number of carbonyl (C=O) groups excluding carboxylic acids is 1. The summed E-state index contributed by atoms with van der Waals surface area (Å²) in [5.41, 5.74) is 1.90. The molecule has 0 atom stereocenters. The summed E-state index contributed by atoms with van der Waals surface area (Å²) in [6.07, 6.45) is 4.77. The molecule has 0 unspecified atom stereocenters. The van der Waals surface area contributed by atoms with E-state index in [1.807, 2.05) is 37.3 Å². The lowest BCUT2D eigenvalue weighted by molar-refractivity contribution is 0.0949. The number of halogens is 1. The maximum absolute atomic E-state index is 11.9. The molecule has 2 N–H and O–H groups in total. The molecule has 0 saturated heterocycles. The van der Waals surface area contributed by atoms with Gasteiger partial charge in [-0.2, -0.15) is 5.10 Å². The molecule has 2 aromatic rings. The van der Waals surface area contributed by atoms with Crippen molar-refractivity contribution in [1.29, 1.82) is 0 Å². The third-order valence-electron chi connectivity index (χ3n) is 2.80. The quantitative estimate of drug-likeness (QED) is 0.654. The minimum atomic E-state index is -0.166. The number of nitrogens with zero attached hydrogens (tertiary/aromatic N) is 1. The van der Waals surface area contributed by atoms with Gasteiger partial charge >= 0.3 is 0 Å². The van der Waals surface area contributed by atoms with Gasteiger partial charge in [0.15, 0.2) is 0 Å². The van der Waals surface area contributed by atoms with Gasteiger partial charge < -0.3 is 5.32 Å². The number of aromatic nitrogens is 2. The molecule has 1 aromatic heterocycles. The van der Waals surface area contributed by atoms with E-state index < -0.39 is 0 Å². The van der Waals surface area contributed by atoms with Gasteiger partial charge in [-0.25, -0.2) is 0 Å². The molecular weight excluding hydrogens is 274 g/mol. The highest BCUT2D eigenvalue weighted by atomic mass is 35.5. The second-order valence-electron chi connectivity index (χ2n) is 4.26. The Bertz CT molecular complexity index is 619. The fourth-order valence-electron chi connectivity index (χ4n) is 1.78. The molecule has 0 spiro atoms. The molecule has 0 aliphatic carbocycles. The predicted molar refractivity (Wildman–Crippen MR) is 80.8 cm³/mol. The molecule has 4 nitrogen and oxygen atoms in total. The summed E-state index contributed by atoms with van der Waals surface area (Å²) in [7, 11) is 0. The van der Waals surface area contributed by atoms with E-state index in [9.17, 15) is 4.79 Å². The minimum absolute atomic E-state index is 0.166. The predicted octanol–water partition coefficient (Wildman–Crippen LogP) is 3.43. The number of aromatic amines is 1. The molecular formula is C15H16ClN3O. The average molecular weight is 290 g/mol. The Morgan fingerprint density at radius 1 is 1.45 bits per heavy atom. The number of allylic oxidation sites excluding steroid dienone is 1. The first kappa shape index (κ1) is 14.3. The van der Waals surface area contributed by atoms with Crippen LogP contribution in [-0.4, -0.2) is 22.6 Å². The third kappa shape index (κ3) is 3.48. The van der Waals surface area contributed by atoms with Crippen molar-refractivity contribution in [2.75, 3.05) is 6.54 Å². The minimum Gasteiger partial charge on any atom is -0.350 e. The summed E-state index contributed by atoms with van der Waals surface area (Å²) >= 11 is 6.10. The summed E-state index contributed by atoms with van der Waals surface area (Å²) in [4.78, 5) is 11.9. The van der Waals surface area contributed by atoms with E-state index in [0.29, 0.717) is 23.0 Å². The van der Waals surface area contributed by atoms with E-state index in [1.165, 1.54) is 0 Å². The van der Waals surface area contributed by atoms with Crippen LogP contribution in [0.25, 0.3) is 11.3 Å². The van der Waals surface area contributed by atoms with E-state index in [1.54, 1.807) is 12.1 Å². The third-order valence-corrected chi connectivity index (χ3v) is 3.13. The molecule has 0 bridgehead atoms. The van der Waals surface area contributed by atoms with Gasteiger partial charge in [-0.05, 0) is 25.5 Å². The monoisotopic (exact) mass is 289 g/mol. The highest BCUT2D eigenvalue weighted by molar-refractivity contribution is 6.33. The Morgan fingerprint density at radius 3 is 3.00 bits per heavy atom. The highest BCUT2D eigenvalue weighted by Gasteiger charge is 2.11. The second-order valence-corrected chi connectivity index (χ2v) is 4.67. The average Bonchev–Trinajstić information content (AvgIpc) is 2.93. The van der Waals surface area contributed by atoms with E-state index in [0.717, 1.165) is 12.0 Å². The van der Waals surface area contributed by atoms with Gasteiger partial charge in [0.2, 0.25) is 0 Å². The van der Waals surface area contributed by atoms with Crippen LogP contribution in [0.3, 0.4) is 0 Å². The van der Waals surface area contributed by atoms with Crippen LogP contribution in [0, 0.1) is 0 Å². The van der Waals surface area contributed by atoms with Crippen molar-refractivity contribution in [2.24, 2.45) is 0 Å². The first-order chi connectivity index (χ1) is 9.72. The van der Waals surface area contributed by atoms with E-state index in [-0.39, 0.29) is 5.91 Å². The number of amides is 1. The van der Waals surface area contributed by atoms with Gasteiger partial charge in [0.1, 0.15) is 5.69 Å². The number of hydrogen-bond acceptors (Lipinski definition) is 2. The Balaban J connectivity index is 2.05. The van der Waals surface area contributed by atoms with Crippen LogP contribution < -0.4 is 5.32 Å². The van der Waals surface area contributed by atoms with Gasteiger partial charge in [0, 0.05) is 12.1 Å². The lowest BCUT2D eigenvalue weighted by Gasteiger charge is -2.00. The summed E-state index contributed by atoms with van der Waals surface area (Å²) < 4.78 is 0. The molecule has 1 heterocycles. The summed E-state index contributed by atoms with van der Waals surface area (Å²) in [6, 6.07) is 9.10. The molecule has 0 aliphatic rings. The smallest absolute Gasteiger partial charge is 0.269 e. The standard InChI is InChI=1S/C15H16ClN3O/c1-2-3-6-9-17-15(20)14-10-13(18-19-14)11-7-4-5-8-12(11)16/h2-5,7-8,10H,6,9H2,1H3,(H,17,20)(H,18,19)/b3-2+. The maximum atomic E-state index is 11.9. The lowest BCUT2D eigenvalue weighted by atomic mass is 10.1. The van der Waals surface area contributed by atoms with Crippen molar-refractivity contribution in [3.8, 4) is 11.3 Å². The zero-order valence-electron chi connectivity index (χ0n) is 11.2. The van der Waals surface area contributed by atoms with E-state index >= 15 is 0 Å². The number of benzene rings is 1. The van der Waals surface area contributed by atoms with Crippen molar-refractivity contribution in [3.05, 3.63) is 53.2 Å². The first-order valence-corrected chi connectivity index (χ1v) is 6.80. The topological polar surface area (TPSA) is 57.8 Å². The van der Waals surface area contributed by atoms with Crippen LogP contribution in [0.1, 0.15) is 23.8 Å². The van der Waals surface area contributed by atoms with Crippen molar-refractivity contribution >= 4 is 17.5 Å². The molecule has 0 saturated carbocycles. The van der Waals surface area contributed by atoms with Crippen molar-refractivity contribution in [1.82, 2.24) is 15.5 Å². The van der Waals surface area contributed by atoms with Gasteiger partial charge in [0.25, 0.3) is 5.91 Å². The molecule has 20 heavy (non-hydrogen) atoms. The number of rotatable bonds is 5. The molecule has 2 rings (SSSR count). The molecule has 1 amide bonds. The highest BCUT2D eigenvalue weighted by Crippen LogP contribution is 2.26. The SMILES string of the molecule is C/C=C/CCNC(=O)c1cc(-c2ccccc2Cl)n[nH]1. The van der Waals surface area contributed by atoms with Crippen LogP contribution in [-0.2, 0) is 0 Å². The van der Waals surface area contributed by atoms with Crippen molar-refractivity contribution < 1.29 is 4.79 Å². The van der Waals surface area contributed by atoms with Crippen LogP contribution in [0.2, 0.25) is 5.02 Å². The van der Waals surface area contributed by atoms with Crippen LogP contribution >= 0.6 is 11.6 Å². The lowest BCUT2D eigenvalue weighted by Crippen LogP contribution is -2.24. The van der Waals surface area contributed by atoms with Gasteiger partial charge in [-0.3, -0.25) is 9.89 Å². The summed E-state index contributed by atoms with van der Waals surface area (Å²) in [6.45, 7) is 2.55. The Kier molecular flexibility index (Phi) is 4.96. The number of carbonyl (C=O) groups is 1. The molecule has 0 aliphatic heterocycles. The van der Waals surface area contributed by atoms with E-state index in [4.69, 9.17) is 11.6 Å². The largest absolute Gasteiger partial charge is 0.350 e. The zero-order valence-corrected chi connectivity index (χ0v) is 11.9. The second kappa shape index (κ2) is 6.91. The normalized spacial score (nSPS) is 10.9. The van der Waals surface area contributed by atoms with Gasteiger partial charge in [-0.1, -0.05) is 42.0 Å². The molecule has 5 heteroatoms. The first-order valence-electron chi connectivity index (χ1n) is 6.42. The molecule has 1 aromatic carbocycles.